The topological polar surface area (TPSA) is 78.5 Å². The van der Waals surface area contributed by atoms with Crippen LogP contribution in [0.5, 0.6) is 0 Å². The van der Waals surface area contributed by atoms with Gasteiger partial charge in [-0.2, -0.15) is 0 Å². The zero-order valence-electron chi connectivity index (χ0n) is 24.6. The highest BCUT2D eigenvalue weighted by Crippen LogP contribution is 2.47. The highest BCUT2D eigenvalue weighted by molar-refractivity contribution is 6.30. The molecule has 3 aliphatic rings. The number of fused-ring (bicyclic) bond motifs is 1. The number of carbonyl (C=O) groups is 1. The van der Waals surface area contributed by atoms with Crippen molar-refractivity contribution in [3.63, 3.8) is 0 Å². The van der Waals surface area contributed by atoms with Crippen LogP contribution in [0.1, 0.15) is 91.4 Å². The molecular weight excluding hydrogens is 532 g/mol. The van der Waals surface area contributed by atoms with Crippen LogP contribution in [0.25, 0.3) is 0 Å². The zero-order chi connectivity index (χ0) is 28.4. The highest BCUT2D eigenvalue weighted by atomic mass is 35.5. The number of amides is 1. The van der Waals surface area contributed by atoms with E-state index in [4.69, 9.17) is 35.3 Å². The number of ether oxygens (including phenoxy) is 5. The Hall–Kier alpha value is -1.42. The van der Waals surface area contributed by atoms with Gasteiger partial charge in [0.05, 0.1) is 0 Å². The minimum atomic E-state index is -1.13. The summed E-state index contributed by atoms with van der Waals surface area (Å²) in [5, 5.41) is 3.40. The molecule has 3 fully saturated rings. The Kier molecular flexibility index (Phi) is 11.9. The Morgan fingerprint density at radius 1 is 1.00 bits per heavy atom. The van der Waals surface area contributed by atoms with Crippen LogP contribution in [0.4, 0.5) is 10.5 Å². The molecule has 0 spiro atoms. The van der Waals surface area contributed by atoms with Crippen LogP contribution in [0.3, 0.4) is 0 Å². The standard InChI is InChI=1S/C31H49ClN2O6/c1-4-5-6-7-8-9-10-14-21-36-23-31-28(39-30(2,3)40-31)27(26(38-31)22-34-19-12-11-13-20-34)37-29(35)33-25-17-15-24(32)16-18-25/h15-18,26-28H,4-14,19-23H2,1-3H3,(H,33,35)/t26-,27+,28-,31-/m0/s1. The van der Waals surface area contributed by atoms with Crippen molar-refractivity contribution in [3.05, 3.63) is 29.3 Å². The van der Waals surface area contributed by atoms with Crippen molar-refractivity contribution >= 4 is 23.4 Å². The lowest BCUT2D eigenvalue weighted by atomic mass is 10.0. The summed E-state index contributed by atoms with van der Waals surface area (Å²) in [7, 11) is 0. The molecule has 4 rings (SSSR count). The van der Waals surface area contributed by atoms with Gasteiger partial charge in [-0.15, -0.1) is 0 Å². The number of hydrogen-bond donors (Lipinski definition) is 1. The van der Waals surface area contributed by atoms with Crippen LogP contribution < -0.4 is 5.32 Å². The van der Waals surface area contributed by atoms with Crippen molar-refractivity contribution in [1.82, 2.24) is 4.90 Å². The Bertz CT molecular complexity index is 910. The van der Waals surface area contributed by atoms with Gasteiger partial charge in [0.25, 0.3) is 0 Å². The number of anilines is 1. The maximum Gasteiger partial charge on any atom is 0.412 e. The van der Waals surface area contributed by atoms with Gasteiger partial charge < -0.3 is 28.6 Å². The smallest absolute Gasteiger partial charge is 0.412 e. The fourth-order valence-electron chi connectivity index (χ4n) is 6.00. The Labute approximate surface area is 245 Å². The number of hydrogen-bond acceptors (Lipinski definition) is 7. The summed E-state index contributed by atoms with van der Waals surface area (Å²) in [4.78, 5) is 15.4. The lowest BCUT2D eigenvalue weighted by Crippen LogP contribution is -2.46. The van der Waals surface area contributed by atoms with Crippen LogP contribution in [-0.2, 0) is 23.7 Å². The van der Waals surface area contributed by atoms with E-state index in [0.29, 0.717) is 23.9 Å². The maximum atomic E-state index is 13.0. The van der Waals surface area contributed by atoms with Crippen molar-refractivity contribution in [3.8, 4) is 0 Å². The number of rotatable bonds is 15. The number of halogens is 1. The number of carbonyl (C=O) groups excluding carboxylic acids is 1. The van der Waals surface area contributed by atoms with Crippen LogP contribution in [0.15, 0.2) is 24.3 Å². The summed E-state index contributed by atoms with van der Waals surface area (Å²) in [5.74, 6) is -2.02. The first-order valence-corrected chi connectivity index (χ1v) is 15.8. The van der Waals surface area contributed by atoms with Gasteiger partial charge in [0.1, 0.15) is 12.7 Å². The second-order valence-electron chi connectivity index (χ2n) is 11.9. The van der Waals surface area contributed by atoms with E-state index in [0.717, 1.165) is 38.8 Å². The summed E-state index contributed by atoms with van der Waals surface area (Å²) >= 11 is 5.99. The molecule has 1 aromatic carbocycles. The number of nitrogens with zero attached hydrogens (tertiary/aromatic N) is 1. The van der Waals surface area contributed by atoms with Crippen LogP contribution in [0, 0.1) is 0 Å². The van der Waals surface area contributed by atoms with Gasteiger partial charge in [-0.1, -0.05) is 69.9 Å². The van der Waals surface area contributed by atoms with Gasteiger partial charge in [-0.05, 0) is 70.5 Å². The molecule has 0 bridgehead atoms. The van der Waals surface area contributed by atoms with E-state index in [1.165, 1.54) is 44.9 Å². The molecule has 3 aliphatic heterocycles. The molecule has 3 heterocycles. The number of benzene rings is 1. The van der Waals surface area contributed by atoms with Gasteiger partial charge in [0.15, 0.2) is 18.0 Å². The molecule has 1 amide bonds. The first kappa shape index (κ1) is 31.5. The Morgan fingerprint density at radius 3 is 2.38 bits per heavy atom. The molecule has 1 N–H and O–H groups in total. The van der Waals surface area contributed by atoms with Crippen molar-refractivity contribution in [2.45, 2.75) is 121 Å². The predicted octanol–water partition coefficient (Wildman–Crippen LogP) is 7.15. The molecule has 40 heavy (non-hydrogen) atoms. The molecule has 4 atom stereocenters. The van der Waals surface area contributed by atoms with Crippen molar-refractivity contribution in [2.75, 3.05) is 38.2 Å². The van der Waals surface area contributed by atoms with Gasteiger partial charge in [0, 0.05) is 23.9 Å². The van der Waals surface area contributed by atoms with E-state index in [9.17, 15) is 4.79 Å². The summed E-state index contributed by atoms with van der Waals surface area (Å²) in [6, 6.07) is 6.92. The molecule has 1 aromatic rings. The van der Waals surface area contributed by atoms with E-state index < -0.39 is 36.0 Å². The van der Waals surface area contributed by atoms with Crippen molar-refractivity contribution < 1.29 is 28.5 Å². The fourth-order valence-corrected chi connectivity index (χ4v) is 6.12. The van der Waals surface area contributed by atoms with Gasteiger partial charge in [-0.3, -0.25) is 5.32 Å². The molecule has 226 valence electrons. The molecule has 0 unspecified atom stereocenters. The molecule has 0 radical (unpaired) electrons. The van der Waals surface area contributed by atoms with Crippen LogP contribution in [-0.4, -0.2) is 73.7 Å². The Morgan fingerprint density at radius 2 is 1.68 bits per heavy atom. The average molecular weight is 581 g/mol. The maximum absolute atomic E-state index is 13.0. The van der Waals surface area contributed by atoms with E-state index >= 15 is 0 Å². The molecular formula is C31H49ClN2O6. The summed E-state index contributed by atoms with van der Waals surface area (Å²) in [6.45, 7) is 9.48. The van der Waals surface area contributed by atoms with Crippen molar-refractivity contribution in [2.24, 2.45) is 0 Å². The third kappa shape index (κ3) is 9.04. The molecule has 8 nitrogen and oxygen atoms in total. The molecule has 9 heteroatoms. The lowest BCUT2D eigenvalue weighted by Gasteiger charge is -2.33. The van der Waals surface area contributed by atoms with Gasteiger partial charge in [-0.25, -0.2) is 4.79 Å². The number of piperidine rings is 1. The van der Waals surface area contributed by atoms with Gasteiger partial charge in [0.2, 0.25) is 5.79 Å². The molecule has 3 saturated heterocycles. The largest absolute Gasteiger partial charge is 0.440 e. The lowest BCUT2D eigenvalue weighted by molar-refractivity contribution is -0.279. The monoisotopic (exact) mass is 580 g/mol. The number of unbranched alkanes of at least 4 members (excludes halogenated alkanes) is 7. The second kappa shape index (κ2) is 15.2. The number of nitrogens with one attached hydrogen (secondary N) is 1. The first-order valence-electron chi connectivity index (χ1n) is 15.4. The molecule has 0 aliphatic carbocycles. The second-order valence-corrected chi connectivity index (χ2v) is 12.3. The quantitative estimate of drug-likeness (QED) is 0.221. The zero-order valence-corrected chi connectivity index (χ0v) is 25.4. The normalized spacial score (nSPS) is 27.9. The fraction of sp³-hybridized carbons (Fsp3) is 0.774. The average Bonchev–Trinajstić information content (AvgIpc) is 3.33. The number of likely N-dealkylation sites (tertiary alicyclic amines) is 1. The predicted molar refractivity (Wildman–Crippen MR) is 157 cm³/mol. The van der Waals surface area contributed by atoms with E-state index in [2.05, 4.69) is 17.1 Å². The van der Waals surface area contributed by atoms with E-state index in [-0.39, 0.29) is 6.61 Å². The Balaban J connectivity index is 1.37. The summed E-state index contributed by atoms with van der Waals surface area (Å²) in [6.07, 6.45) is 11.3. The van der Waals surface area contributed by atoms with Crippen molar-refractivity contribution in [1.29, 1.82) is 0 Å². The van der Waals surface area contributed by atoms with E-state index in [1.807, 2.05) is 13.8 Å². The third-order valence-electron chi connectivity index (χ3n) is 7.94. The molecule has 0 saturated carbocycles. The van der Waals surface area contributed by atoms with Gasteiger partial charge >= 0.3 is 6.09 Å². The minimum absolute atomic E-state index is 0.229. The van der Waals surface area contributed by atoms with Crippen LogP contribution in [0.2, 0.25) is 5.02 Å². The molecule has 0 aromatic heterocycles. The van der Waals surface area contributed by atoms with E-state index in [1.54, 1.807) is 24.3 Å². The minimum Gasteiger partial charge on any atom is -0.440 e. The summed E-state index contributed by atoms with van der Waals surface area (Å²) in [5.41, 5.74) is 0.602. The SMILES string of the molecule is CCCCCCCCCCOC[C@@]12O[C@@H](CN3CCCCC3)[C@@H](OC(=O)Nc3ccc(Cl)cc3)[C@@H]1OC(C)(C)O2. The summed E-state index contributed by atoms with van der Waals surface area (Å²) < 4.78 is 31.6. The third-order valence-corrected chi connectivity index (χ3v) is 8.20. The van der Waals surface area contributed by atoms with Crippen LogP contribution >= 0.6 is 11.6 Å². The highest BCUT2D eigenvalue weighted by Gasteiger charge is 2.66. The first-order chi connectivity index (χ1) is 19.3.